The minimum absolute atomic E-state index is 0.0858. The van der Waals surface area contributed by atoms with Crippen molar-refractivity contribution < 1.29 is 9.59 Å². The van der Waals surface area contributed by atoms with Crippen LogP contribution >= 0.6 is 0 Å². The molecular weight excluding hydrogens is 194 g/mol. The van der Waals surface area contributed by atoms with Crippen molar-refractivity contribution in [3.05, 3.63) is 0 Å². The molecule has 5 nitrogen and oxygen atoms in total. The first-order valence-electron chi connectivity index (χ1n) is 5.22. The summed E-state index contributed by atoms with van der Waals surface area (Å²) in [5.41, 5.74) is -0.751. The van der Waals surface area contributed by atoms with Crippen LogP contribution in [0.15, 0.2) is 0 Å². The van der Waals surface area contributed by atoms with Gasteiger partial charge >= 0.3 is 6.03 Å². The molecule has 0 saturated carbocycles. The van der Waals surface area contributed by atoms with Gasteiger partial charge in [-0.2, -0.15) is 0 Å². The van der Waals surface area contributed by atoms with Gasteiger partial charge in [-0.15, -0.1) is 0 Å². The summed E-state index contributed by atoms with van der Waals surface area (Å²) in [5, 5.41) is 2.76. The number of piperazine rings is 1. The maximum absolute atomic E-state index is 12.0. The standard InChI is InChI=1S/C10H19N3O2/c1-5-12(4)9(15)13-7-6-11-8(14)10(13,2)3/h5-7H2,1-4H3,(H,11,14). The molecule has 0 aromatic rings. The van der Waals surface area contributed by atoms with Gasteiger partial charge in [0.25, 0.3) is 0 Å². The van der Waals surface area contributed by atoms with Crippen LogP contribution in [0.2, 0.25) is 0 Å². The molecule has 0 aromatic carbocycles. The highest BCUT2D eigenvalue weighted by atomic mass is 16.2. The first-order chi connectivity index (χ1) is 6.91. The predicted molar refractivity (Wildman–Crippen MR) is 57.5 cm³/mol. The van der Waals surface area contributed by atoms with E-state index in [1.54, 1.807) is 30.7 Å². The van der Waals surface area contributed by atoms with Crippen LogP contribution in [-0.4, -0.2) is 54.0 Å². The van der Waals surface area contributed by atoms with Gasteiger partial charge in [0.2, 0.25) is 5.91 Å². The van der Waals surface area contributed by atoms with Crippen LogP contribution < -0.4 is 5.32 Å². The molecule has 0 unspecified atom stereocenters. The summed E-state index contributed by atoms with van der Waals surface area (Å²) < 4.78 is 0. The number of carbonyl (C=O) groups excluding carboxylic acids is 2. The molecule has 0 bridgehead atoms. The predicted octanol–water partition coefficient (Wildman–Crippen LogP) is 0.268. The molecule has 1 N–H and O–H groups in total. The Bertz CT molecular complexity index is 276. The van der Waals surface area contributed by atoms with Gasteiger partial charge in [-0.25, -0.2) is 4.79 Å². The van der Waals surface area contributed by atoms with Crippen molar-refractivity contribution in [1.82, 2.24) is 15.1 Å². The summed E-state index contributed by atoms with van der Waals surface area (Å²) >= 11 is 0. The number of hydrogen-bond donors (Lipinski definition) is 1. The zero-order valence-corrected chi connectivity index (χ0v) is 9.83. The average Bonchev–Trinajstić information content (AvgIpc) is 2.20. The van der Waals surface area contributed by atoms with Crippen LogP contribution in [-0.2, 0) is 4.79 Å². The average molecular weight is 213 g/mol. The molecule has 5 heteroatoms. The molecule has 1 rings (SSSR count). The van der Waals surface area contributed by atoms with E-state index >= 15 is 0 Å². The second-order valence-corrected chi connectivity index (χ2v) is 4.26. The monoisotopic (exact) mass is 213 g/mol. The molecule has 86 valence electrons. The Morgan fingerprint density at radius 1 is 1.60 bits per heavy atom. The second kappa shape index (κ2) is 4.08. The number of amides is 3. The number of hydrogen-bond acceptors (Lipinski definition) is 2. The molecule has 1 saturated heterocycles. The maximum atomic E-state index is 12.0. The lowest BCUT2D eigenvalue weighted by atomic mass is 9.99. The van der Waals surface area contributed by atoms with E-state index in [-0.39, 0.29) is 11.9 Å². The fourth-order valence-electron chi connectivity index (χ4n) is 1.58. The quantitative estimate of drug-likeness (QED) is 0.679. The summed E-state index contributed by atoms with van der Waals surface area (Å²) in [6.45, 7) is 7.20. The Hall–Kier alpha value is -1.26. The topological polar surface area (TPSA) is 52.7 Å². The molecule has 1 aliphatic heterocycles. The number of carbonyl (C=O) groups is 2. The Morgan fingerprint density at radius 3 is 2.73 bits per heavy atom. The normalized spacial score (nSPS) is 19.7. The van der Waals surface area contributed by atoms with Crippen molar-refractivity contribution in [1.29, 1.82) is 0 Å². The second-order valence-electron chi connectivity index (χ2n) is 4.26. The highest BCUT2D eigenvalue weighted by Gasteiger charge is 2.41. The first-order valence-corrected chi connectivity index (χ1v) is 5.22. The molecule has 3 amide bonds. The van der Waals surface area contributed by atoms with Gasteiger partial charge in [-0.3, -0.25) is 4.79 Å². The molecule has 1 heterocycles. The lowest BCUT2D eigenvalue weighted by Gasteiger charge is -2.42. The molecular formula is C10H19N3O2. The smallest absolute Gasteiger partial charge is 0.320 e. The Morgan fingerprint density at radius 2 is 2.20 bits per heavy atom. The molecule has 1 aliphatic rings. The third-order valence-electron chi connectivity index (χ3n) is 2.88. The number of urea groups is 1. The van der Waals surface area contributed by atoms with E-state index < -0.39 is 5.54 Å². The SMILES string of the molecule is CCN(C)C(=O)N1CCNC(=O)C1(C)C. The van der Waals surface area contributed by atoms with E-state index in [0.29, 0.717) is 19.6 Å². The lowest BCUT2D eigenvalue weighted by Crippen LogP contribution is -2.65. The molecule has 0 aliphatic carbocycles. The van der Waals surface area contributed by atoms with Crippen LogP contribution in [0.1, 0.15) is 20.8 Å². The Balaban J connectivity index is 2.84. The minimum atomic E-state index is -0.751. The minimum Gasteiger partial charge on any atom is -0.352 e. The van der Waals surface area contributed by atoms with E-state index in [0.717, 1.165) is 0 Å². The summed E-state index contributed by atoms with van der Waals surface area (Å²) in [6.07, 6.45) is 0. The summed E-state index contributed by atoms with van der Waals surface area (Å²) in [7, 11) is 1.74. The van der Waals surface area contributed by atoms with Crippen LogP contribution in [0.4, 0.5) is 4.79 Å². The third kappa shape index (κ3) is 2.06. The van der Waals surface area contributed by atoms with Crippen molar-refractivity contribution in [3.63, 3.8) is 0 Å². The van der Waals surface area contributed by atoms with E-state index in [1.807, 2.05) is 6.92 Å². The van der Waals surface area contributed by atoms with Crippen molar-refractivity contribution in [2.45, 2.75) is 26.3 Å². The molecule has 15 heavy (non-hydrogen) atoms. The number of nitrogens with one attached hydrogen (secondary N) is 1. The molecule has 0 radical (unpaired) electrons. The van der Waals surface area contributed by atoms with Gasteiger partial charge in [0.15, 0.2) is 0 Å². The van der Waals surface area contributed by atoms with Crippen molar-refractivity contribution in [2.24, 2.45) is 0 Å². The molecule has 0 atom stereocenters. The highest BCUT2D eigenvalue weighted by molar-refractivity contribution is 5.91. The van der Waals surface area contributed by atoms with Crippen molar-refractivity contribution >= 4 is 11.9 Å². The van der Waals surface area contributed by atoms with E-state index in [1.165, 1.54) is 0 Å². The molecule has 1 fully saturated rings. The molecule has 0 aromatic heterocycles. The van der Waals surface area contributed by atoms with Crippen LogP contribution in [0.3, 0.4) is 0 Å². The van der Waals surface area contributed by atoms with E-state index in [2.05, 4.69) is 5.32 Å². The third-order valence-corrected chi connectivity index (χ3v) is 2.88. The van der Waals surface area contributed by atoms with Gasteiger partial charge in [0.05, 0.1) is 0 Å². The maximum Gasteiger partial charge on any atom is 0.320 e. The fourth-order valence-corrected chi connectivity index (χ4v) is 1.58. The summed E-state index contributed by atoms with van der Waals surface area (Å²) in [4.78, 5) is 26.8. The Labute approximate surface area is 90.4 Å². The van der Waals surface area contributed by atoms with Gasteiger partial charge in [0, 0.05) is 26.7 Å². The van der Waals surface area contributed by atoms with Crippen molar-refractivity contribution in [3.8, 4) is 0 Å². The fraction of sp³-hybridized carbons (Fsp3) is 0.800. The van der Waals surface area contributed by atoms with Gasteiger partial charge in [0.1, 0.15) is 5.54 Å². The summed E-state index contributed by atoms with van der Waals surface area (Å²) in [5.74, 6) is -0.0911. The van der Waals surface area contributed by atoms with Crippen molar-refractivity contribution in [2.75, 3.05) is 26.7 Å². The van der Waals surface area contributed by atoms with Gasteiger partial charge in [-0.05, 0) is 20.8 Å². The lowest BCUT2D eigenvalue weighted by molar-refractivity contribution is -0.133. The first kappa shape index (κ1) is 11.8. The largest absolute Gasteiger partial charge is 0.352 e. The number of nitrogens with zero attached hydrogens (tertiary/aromatic N) is 2. The zero-order valence-electron chi connectivity index (χ0n) is 9.83. The van der Waals surface area contributed by atoms with Crippen LogP contribution in [0.5, 0.6) is 0 Å². The summed E-state index contributed by atoms with van der Waals surface area (Å²) in [6, 6.07) is -0.0858. The van der Waals surface area contributed by atoms with Crippen LogP contribution in [0, 0.1) is 0 Å². The Kier molecular flexibility index (Phi) is 3.21. The van der Waals surface area contributed by atoms with E-state index in [4.69, 9.17) is 0 Å². The van der Waals surface area contributed by atoms with Gasteiger partial charge < -0.3 is 15.1 Å². The molecule has 0 spiro atoms. The highest BCUT2D eigenvalue weighted by Crippen LogP contribution is 2.18. The number of rotatable bonds is 1. The van der Waals surface area contributed by atoms with Gasteiger partial charge in [-0.1, -0.05) is 0 Å². The van der Waals surface area contributed by atoms with E-state index in [9.17, 15) is 9.59 Å². The van der Waals surface area contributed by atoms with Crippen LogP contribution in [0.25, 0.3) is 0 Å². The zero-order chi connectivity index (χ0) is 11.6.